The smallest absolute Gasteiger partial charge is 0.234 e. The van der Waals surface area contributed by atoms with Crippen molar-refractivity contribution in [3.8, 4) is 5.75 Å². The number of amides is 2. The number of hydrogen-bond acceptors (Lipinski definition) is 5. The van der Waals surface area contributed by atoms with Crippen molar-refractivity contribution < 1.29 is 14.3 Å². The Morgan fingerprint density at radius 1 is 0.878 bits per heavy atom. The van der Waals surface area contributed by atoms with Crippen LogP contribution in [0.25, 0.3) is 10.9 Å². The van der Waals surface area contributed by atoms with Gasteiger partial charge in [0.2, 0.25) is 11.8 Å². The maximum Gasteiger partial charge on any atom is 0.234 e. The molecule has 214 valence electrons. The predicted molar refractivity (Wildman–Crippen MR) is 163 cm³/mol. The summed E-state index contributed by atoms with van der Waals surface area (Å²) >= 11 is 0. The van der Waals surface area contributed by atoms with E-state index in [0.29, 0.717) is 32.4 Å². The Labute approximate surface area is 241 Å². The van der Waals surface area contributed by atoms with Crippen LogP contribution >= 0.6 is 0 Å². The van der Waals surface area contributed by atoms with Gasteiger partial charge >= 0.3 is 0 Å². The van der Waals surface area contributed by atoms with Gasteiger partial charge in [-0.25, -0.2) is 0 Å². The van der Waals surface area contributed by atoms with Gasteiger partial charge in [0.1, 0.15) is 5.75 Å². The molecular weight excluding hydrogens is 514 g/mol. The molecule has 2 heterocycles. The molecular formula is C33H39N5O3. The van der Waals surface area contributed by atoms with E-state index in [4.69, 9.17) is 4.74 Å². The summed E-state index contributed by atoms with van der Waals surface area (Å²) in [5, 5.41) is 7.40. The Kier molecular flexibility index (Phi) is 9.54. The lowest BCUT2D eigenvalue weighted by molar-refractivity contribution is -0.124. The van der Waals surface area contributed by atoms with Gasteiger partial charge in [-0.05, 0) is 48.2 Å². The van der Waals surface area contributed by atoms with Crippen LogP contribution in [0.3, 0.4) is 0 Å². The van der Waals surface area contributed by atoms with Gasteiger partial charge in [0, 0.05) is 61.9 Å². The molecule has 0 saturated carbocycles. The molecule has 1 atom stereocenters. The molecule has 4 aromatic rings. The van der Waals surface area contributed by atoms with Crippen LogP contribution in [0.4, 0.5) is 5.69 Å². The zero-order valence-electron chi connectivity index (χ0n) is 23.6. The van der Waals surface area contributed by atoms with Crippen LogP contribution in [0.2, 0.25) is 0 Å². The molecule has 0 aliphatic carbocycles. The number of aromatic amines is 1. The van der Waals surface area contributed by atoms with Crippen molar-refractivity contribution in [3.63, 3.8) is 0 Å². The molecule has 1 aromatic heterocycles. The fourth-order valence-electron chi connectivity index (χ4n) is 5.50. The molecule has 3 aromatic carbocycles. The van der Waals surface area contributed by atoms with Gasteiger partial charge in [0.15, 0.2) is 0 Å². The number of fused-ring (bicyclic) bond motifs is 1. The fourth-order valence-corrected chi connectivity index (χ4v) is 5.50. The number of anilines is 1. The van der Waals surface area contributed by atoms with Gasteiger partial charge in [-0.15, -0.1) is 0 Å². The van der Waals surface area contributed by atoms with E-state index in [1.54, 1.807) is 7.11 Å². The number of nitrogens with zero attached hydrogens (tertiary/aromatic N) is 2. The maximum absolute atomic E-state index is 13.2. The van der Waals surface area contributed by atoms with Crippen molar-refractivity contribution >= 4 is 28.4 Å². The molecule has 1 saturated heterocycles. The lowest BCUT2D eigenvalue weighted by atomic mass is 10.0. The number of carbonyl (C=O) groups excluding carboxylic acids is 2. The number of ether oxygens (including phenoxy) is 1. The Morgan fingerprint density at radius 2 is 1.61 bits per heavy atom. The number of para-hydroxylation sites is 3. The molecule has 1 aliphatic heterocycles. The summed E-state index contributed by atoms with van der Waals surface area (Å²) in [6.45, 7) is 4.13. The highest BCUT2D eigenvalue weighted by atomic mass is 16.5. The maximum atomic E-state index is 13.2. The van der Waals surface area contributed by atoms with Gasteiger partial charge in [-0.3, -0.25) is 14.5 Å². The zero-order valence-corrected chi connectivity index (χ0v) is 23.6. The molecule has 5 rings (SSSR count). The summed E-state index contributed by atoms with van der Waals surface area (Å²) in [4.78, 5) is 33.9. The molecule has 8 heteroatoms. The standard InChI is InChI=1S/C33H39N5O3/c1-41-31-14-8-5-9-25(31)15-16-32(39)35-23-27(21-26-22-34-30-13-7-6-12-29(26)30)36-33(40)24-37-17-19-38(20-18-37)28-10-3-2-4-11-28/h2-14,22,27,34H,15-21,23-24H2,1H3,(H,35,39)(H,36,40)/t27-/m1/s1. The first-order valence-electron chi connectivity index (χ1n) is 14.3. The second-order valence-corrected chi connectivity index (χ2v) is 10.5. The van der Waals surface area contributed by atoms with E-state index in [1.807, 2.05) is 54.7 Å². The summed E-state index contributed by atoms with van der Waals surface area (Å²) in [7, 11) is 1.64. The Morgan fingerprint density at radius 3 is 2.41 bits per heavy atom. The minimum absolute atomic E-state index is 0.0220. The molecule has 1 aliphatic rings. The van der Waals surface area contributed by atoms with Gasteiger partial charge in [-0.1, -0.05) is 54.6 Å². The molecule has 0 bridgehead atoms. The van der Waals surface area contributed by atoms with E-state index >= 15 is 0 Å². The first-order chi connectivity index (χ1) is 20.1. The van der Waals surface area contributed by atoms with Crippen molar-refractivity contribution in [2.24, 2.45) is 0 Å². The van der Waals surface area contributed by atoms with Gasteiger partial charge in [-0.2, -0.15) is 0 Å². The zero-order chi connectivity index (χ0) is 28.4. The Hall–Kier alpha value is -4.30. The largest absolute Gasteiger partial charge is 0.496 e. The Bertz CT molecular complexity index is 1430. The molecule has 3 N–H and O–H groups in total. The van der Waals surface area contributed by atoms with Crippen molar-refractivity contribution in [1.29, 1.82) is 0 Å². The number of piperazine rings is 1. The number of nitrogens with one attached hydrogen (secondary N) is 3. The molecule has 8 nitrogen and oxygen atoms in total. The SMILES string of the molecule is COc1ccccc1CCC(=O)NC[C@@H](Cc1c[nH]c2ccccc12)NC(=O)CN1CCN(c2ccccc2)CC1. The molecule has 0 radical (unpaired) electrons. The van der Waals surface area contributed by atoms with Crippen molar-refractivity contribution in [2.45, 2.75) is 25.3 Å². The average Bonchev–Trinajstić information content (AvgIpc) is 3.42. The number of H-pyrrole nitrogens is 1. The van der Waals surface area contributed by atoms with E-state index in [0.717, 1.165) is 54.0 Å². The minimum atomic E-state index is -0.234. The third-order valence-corrected chi connectivity index (χ3v) is 7.73. The normalized spacial score (nSPS) is 14.5. The first-order valence-corrected chi connectivity index (χ1v) is 14.3. The summed E-state index contributed by atoms with van der Waals surface area (Å²) in [6, 6.07) is 26.1. The van der Waals surface area contributed by atoms with Crippen molar-refractivity contribution in [2.75, 3.05) is 51.3 Å². The highest BCUT2D eigenvalue weighted by molar-refractivity contribution is 5.83. The molecule has 2 amide bonds. The number of hydrogen-bond donors (Lipinski definition) is 3. The van der Waals surface area contributed by atoms with Crippen LogP contribution in [-0.4, -0.2) is 74.1 Å². The summed E-state index contributed by atoms with van der Waals surface area (Å²) < 4.78 is 5.42. The van der Waals surface area contributed by atoms with Crippen LogP contribution in [0, 0.1) is 0 Å². The van der Waals surface area contributed by atoms with Gasteiger partial charge in [0.05, 0.1) is 19.7 Å². The number of rotatable bonds is 12. The van der Waals surface area contributed by atoms with E-state index in [9.17, 15) is 9.59 Å². The lowest BCUT2D eigenvalue weighted by Gasteiger charge is -2.36. The third-order valence-electron chi connectivity index (χ3n) is 7.73. The highest BCUT2D eigenvalue weighted by Gasteiger charge is 2.22. The van der Waals surface area contributed by atoms with Gasteiger partial charge in [0.25, 0.3) is 0 Å². The van der Waals surface area contributed by atoms with Gasteiger partial charge < -0.3 is 25.3 Å². The molecule has 0 unspecified atom stereocenters. The highest BCUT2D eigenvalue weighted by Crippen LogP contribution is 2.20. The monoisotopic (exact) mass is 553 g/mol. The van der Waals surface area contributed by atoms with Crippen LogP contribution < -0.4 is 20.3 Å². The average molecular weight is 554 g/mol. The number of aromatic nitrogens is 1. The van der Waals surface area contributed by atoms with Crippen molar-refractivity contribution in [3.05, 3.63) is 96.2 Å². The predicted octanol–water partition coefficient (Wildman–Crippen LogP) is 3.78. The topological polar surface area (TPSA) is 89.7 Å². The number of aryl methyl sites for hydroxylation is 1. The third kappa shape index (κ3) is 7.67. The first kappa shape index (κ1) is 28.2. The summed E-state index contributed by atoms with van der Waals surface area (Å²) in [5.74, 6) is 0.715. The fraction of sp³-hybridized carbons (Fsp3) is 0.333. The minimum Gasteiger partial charge on any atom is -0.496 e. The Balaban J connectivity index is 1.17. The quantitative estimate of drug-likeness (QED) is 0.249. The summed E-state index contributed by atoms with van der Waals surface area (Å²) in [5.41, 5.74) is 4.40. The van der Waals surface area contributed by atoms with Crippen LogP contribution in [-0.2, 0) is 22.4 Å². The van der Waals surface area contributed by atoms with E-state index in [2.05, 4.69) is 55.7 Å². The van der Waals surface area contributed by atoms with E-state index < -0.39 is 0 Å². The van der Waals surface area contributed by atoms with Crippen LogP contribution in [0.5, 0.6) is 5.75 Å². The second kappa shape index (κ2) is 13.9. The van der Waals surface area contributed by atoms with Crippen molar-refractivity contribution in [1.82, 2.24) is 20.5 Å². The lowest BCUT2D eigenvalue weighted by Crippen LogP contribution is -2.52. The summed E-state index contributed by atoms with van der Waals surface area (Å²) in [6.07, 6.45) is 3.55. The van der Waals surface area contributed by atoms with Crippen LogP contribution in [0.1, 0.15) is 17.5 Å². The van der Waals surface area contributed by atoms with E-state index in [1.165, 1.54) is 5.69 Å². The van der Waals surface area contributed by atoms with E-state index in [-0.39, 0.29) is 17.9 Å². The number of carbonyl (C=O) groups is 2. The molecule has 1 fully saturated rings. The number of methoxy groups -OCH3 is 1. The van der Waals surface area contributed by atoms with Crippen LogP contribution in [0.15, 0.2) is 85.1 Å². The molecule has 0 spiro atoms. The number of benzene rings is 3. The molecule has 41 heavy (non-hydrogen) atoms. The second-order valence-electron chi connectivity index (χ2n) is 10.5.